The van der Waals surface area contributed by atoms with E-state index < -0.39 is 0 Å². The highest BCUT2D eigenvalue weighted by Gasteiger charge is 2.17. The molecule has 0 N–H and O–H groups in total. The van der Waals surface area contributed by atoms with Gasteiger partial charge in [0.2, 0.25) is 0 Å². The van der Waals surface area contributed by atoms with Crippen LogP contribution in [-0.4, -0.2) is 4.98 Å². The van der Waals surface area contributed by atoms with Crippen LogP contribution in [0.4, 0.5) is 17.1 Å². The van der Waals surface area contributed by atoms with Crippen molar-refractivity contribution >= 4 is 71.3 Å². The molecule has 0 fully saturated rings. The van der Waals surface area contributed by atoms with Crippen molar-refractivity contribution in [2.45, 2.75) is 0 Å². The molecule has 4 heteroatoms. The highest BCUT2D eigenvalue weighted by molar-refractivity contribution is 7.22. The van der Waals surface area contributed by atoms with E-state index in [2.05, 4.69) is 205 Å². The molecule has 0 aliphatic heterocycles. The molecule has 0 radical (unpaired) electrons. The zero-order valence-electron chi connectivity index (χ0n) is 30.8. The molecule has 0 bridgehead atoms. The maximum atomic E-state index is 6.49. The summed E-state index contributed by atoms with van der Waals surface area (Å²) < 4.78 is 7.65. The molecule has 0 aliphatic carbocycles. The minimum absolute atomic E-state index is 0.875. The lowest BCUT2D eigenvalue weighted by molar-refractivity contribution is 0.669. The van der Waals surface area contributed by atoms with Crippen LogP contribution >= 0.6 is 11.3 Å². The fourth-order valence-corrected chi connectivity index (χ4v) is 9.11. The average molecular weight is 747 g/mol. The number of hydrogen-bond acceptors (Lipinski definition) is 4. The number of aromatic nitrogens is 1. The van der Waals surface area contributed by atoms with E-state index >= 15 is 0 Å². The molecule has 57 heavy (non-hydrogen) atoms. The van der Waals surface area contributed by atoms with Gasteiger partial charge in [-0.05, 0) is 111 Å². The topological polar surface area (TPSA) is 29.3 Å². The summed E-state index contributed by atoms with van der Waals surface area (Å²) in [6, 6.07) is 73.4. The number of thiazole rings is 1. The molecular weight excluding hydrogens is 713 g/mol. The van der Waals surface area contributed by atoms with Gasteiger partial charge in [0.1, 0.15) is 16.2 Å². The first-order valence-corrected chi connectivity index (χ1v) is 20.0. The van der Waals surface area contributed by atoms with E-state index in [-0.39, 0.29) is 0 Å². The van der Waals surface area contributed by atoms with Gasteiger partial charge in [0.25, 0.3) is 0 Å². The van der Waals surface area contributed by atoms with E-state index in [1.54, 1.807) is 11.3 Å². The van der Waals surface area contributed by atoms with Gasteiger partial charge >= 0.3 is 0 Å². The van der Waals surface area contributed by atoms with Crippen LogP contribution in [0.25, 0.3) is 86.9 Å². The third-order valence-electron chi connectivity index (χ3n) is 10.9. The zero-order chi connectivity index (χ0) is 37.7. The first-order valence-electron chi connectivity index (χ1n) is 19.2. The highest BCUT2D eigenvalue weighted by atomic mass is 32.1. The second-order valence-electron chi connectivity index (χ2n) is 14.4. The Bertz CT molecular complexity index is 3200. The molecule has 0 spiro atoms. The molecule has 9 aromatic carbocycles. The van der Waals surface area contributed by atoms with Gasteiger partial charge in [-0.25, -0.2) is 4.98 Å². The summed E-state index contributed by atoms with van der Waals surface area (Å²) in [5, 5.41) is 5.75. The molecule has 2 heterocycles. The van der Waals surface area contributed by atoms with Crippen molar-refractivity contribution in [3.63, 3.8) is 0 Å². The summed E-state index contributed by atoms with van der Waals surface area (Å²) in [5.74, 6) is 0. The van der Waals surface area contributed by atoms with Gasteiger partial charge in [-0.3, -0.25) is 0 Å². The van der Waals surface area contributed by atoms with Gasteiger partial charge in [0.05, 0.1) is 10.2 Å². The second kappa shape index (κ2) is 13.8. The van der Waals surface area contributed by atoms with E-state index in [9.17, 15) is 0 Å². The monoisotopic (exact) mass is 746 g/mol. The molecule has 11 rings (SSSR count). The SMILES string of the molecule is c1ccc(-c2ccc(N(c3ccc(-c4ccc5ccccc5c4)cc3)c3ccc(-c4ccc5c(c4)oc4ccc6nc(-c7ccccc7)sc6c45)cc3)cc2)cc1. The van der Waals surface area contributed by atoms with Crippen LogP contribution in [0.3, 0.4) is 0 Å². The van der Waals surface area contributed by atoms with E-state index in [0.29, 0.717) is 0 Å². The summed E-state index contributed by atoms with van der Waals surface area (Å²) in [6.07, 6.45) is 0. The van der Waals surface area contributed by atoms with Gasteiger partial charge in [-0.15, -0.1) is 11.3 Å². The summed E-state index contributed by atoms with van der Waals surface area (Å²) in [5.41, 5.74) is 14.2. The summed E-state index contributed by atoms with van der Waals surface area (Å²) in [4.78, 5) is 7.30. The Morgan fingerprint density at radius 3 is 1.54 bits per heavy atom. The molecule has 0 saturated heterocycles. The molecule has 3 nitrogen and oxygen atoms in total. The Labute approximate surface area is 334 Å². The Kier molecular flexibility index (Phi) is 8.01. The Hall–Kier alpha value is -7.27. The maximum absolute atomic E-state index is 6.49. The normalized spacial score (nSPS) is 11.5. The molecule has 0 aliphatic rings. The average Bonchev–Trinajstić information content (AvgIpc) is 3.89. The standard InChI is InChI=1S/C53H34N2OS/c1-3-9-35(10-4-1)37-17-24-44(25-18-37)55(45-26-19-38(20-27-45)42-16-15-36-11-7-8-14-41(36)33-42)46-28-21-39(22-29-46)43-23-30-47-50(34-43)56-49-32-31-48-52(51(47)49)57-53(54-48)40-12-5-2-6-13-40/h1-34H. The lowest BCUT2D eigenvalue weighted by Gasteiger charge is -2.26. The minimum atomic E-state index is 0.875. The van der Waals surface area contributed by atoms with Gasteiger partial charge in [0, 0.05) is 33.4 Å². The Morgan fingerprint density at radius 2 is 0.895 bits per heavy atom. The predicted molar refractivity (Wildman–Crippen MR) is 241 cm³/mol. The van der Waals surface area contributed by atoms with Gasteiger partial charge in [-0.1, -0.05) is 140 Å². The van der Waals surface area contributed by atoms with Crippen LogP contribution in [0.1, 0.15) is 0 Å². The lowest BCUT2D eigenvalue weighted by Crippen LogP contribution is -2.09. The number of benzene rings is 9. The van der Waals surface area contributed by atoms with Crippen LogP contribution in [0.15, 0.2) is 211 Å². The van der Waals surface area contributed by atoms with Crippen molar-refractivity contribution in [3.8, 4) is 44.0 Å². The molecule has 0 unspecified atom stereocenters. The maximum Gasteiger partial charge on any atom is 0.137 e. The van der Waals surface area contributed by atoms with Crippen LogP contribution in [0, 0.1) is 0 Å². The van der Waals surface area contributed by atoms with Crippen LogP contribution in [0.5, 0.6) is 0 Å². The largest absolute Gasteiger partial charge is 0.456 e. The molecule has 0 atom stereocenters. The van der Waals surface area contributed by atoms with E-state index in [0.717, 1.165) is 70.9 Å². The molecular formula is C53H34N2OS. The van der Waals surface area contributed by atoms with Crippen molar-refractivity contribution in [1.82, 2.24) is 4.98 Å². The first-order chi connectivity index (χ1) is 28.2. The van der Waals surface area contributed by atoms with Gasteiger partial charge in [0.15, 0.2) is 0 Å². The number of anilines is 3. The summed E-state index contributed by atoms with van der Waals surface area (Å²) in [6.45, 7) is 0. The Morgan fingerprint density at radius 1 is 0.386 bits per heavy atom. The van der Waals surface area contributed by atoms with Crippen LogP contribution in [0.2, 0.25) is 0 Å². The van der Waals surface area contributed by atoms with Gasteiger partial charge in [-0.2, -0.15) is 0 Å². The third-order valence-corrected chi connectivity index (χ3v) is 12.0. The first kappa shape index (κ1) is 33.1. The number of furan rings is 1. The quantitative estimate of drug-likeness (QED) is 0.163. The molecule has 2 aromatic heterocycles. The van der Waals surface area contributed by atoms with Crippen molar-refractivity contribution in [2.75, 3.05) is 4.90 Å². The van der Waals surface area contributed by atoms with Crippen molar-refractivity contribution in [2.24, 2.45) is 0 Å². The van der Waals surface area contributed by atoms with Crippen molar-refractivity contribution in [3.05, 3.63) is 206 Å². The van der Waals surface area contributed by atoms with Crippen LogP contribution in [-0.2, 0) is 0 Å². The predicted octanol–water partition coefficient (Wildman–Crippen LogP) is 15.5. The lowest BCUT2D eigenvalue weighted by atomic mass is 10.0. The number of nitrogens with zero attached hydrogens (tertiary/aromatic N) is 2. The van der Waals surface area contributed by atoms with Gasteiger partial charge < -0.3 is 9.32 Å². The minimum Gasteiger partial charge on any atom is -0.456 e. The molecule has 11 aromatic rings. The number of fused-ring (bicyclic) bond motifs is 6. The fraction of sp³-hybridized carbons (Fsp3) is 0. The summed E-state index contributed by atoms with van der Waals surface area (Å²) in [7, 11) is 0. The van der Waals surface area contributed by atoms with E-state index in [1.165, 1.54) is 33.0 Å². The third kappa shape index (κ3) is 6.04. The molecule has 0 amide bonds. The van der Waals surface area contributed by atoms with E-state index in [1.807, 2.05) is 6.07 Å². The molecule has 0 saturated carbocycles. The Balaban J connectivity index is 0.945. The van der Waals surface area contributed by atoms with Crippen molar-refractivity contribution in [1.29, 1.82) is 0 Å². The smallest absolute Gasteiger partial charge is 0.137 e. The molecule has 268 valence electrons. The van der Waals surface area contributed by atoms with Crippen LogP contribution < -0.4 is 4.90 Å². The van der Waals surface area contributed by atoms with Crippen molar-refractivity contribution < 1.29 is 4.42 Å². The number of rotatable bonds is 7. The van der Waals surface area contributed by atoms with E-state index in [4.69, 9.17) is 9.40 Å². The number of hydrogen-bond donors (Lipinski definition) is 0. The second-order valence-corrected chi connectivity index (χ2v) is 15.4. The fourth-order valence-electron chi connectivity index (χ4n) is 7.99. The highest BCUT2D eigenvalue weighted by Crippen LogP contribution is 2.42. The summed E-state index contributed by atoms with van der Waals surface area (Å²) >= 11 is 1.72. The zero-order valence-corrected chi connectivity index (χ0v) is 31.7.